The number of rotatable bonds is 7. The summed E-state index contributed by atoms with van der Waals surface area (Å²) in [5.74, 6) is -0.373. The number of primary amides is 1. The van der Waals surface area contributed by atoms with E-state index in [2.05, 4.69) is 4.90 Å². The number of hydrogen-bond acceptors (Lipinski definition) is 4. The second-order valence-electron chi connectivity index (χ2n) is 4.21. The molecule has 0 aromatic heterocycles. The SMILES string of the molecule is NCCN(CCC(=O)NC(N)=O)Cc1ccccc1. The second-order valence-corrected chi connectivity index (χ2v) is 4.21. The molecule has 0 fully saturated rings. The maximum atomic E-state index is 11.3. The Morgan fingerprint density at radius 3 is 2.42 bits per heavy atom. The fourth-order valence-corrected chi connectivity index (χ4v) is 1.75. The highest BCUT2D eigenvalue weighted by Crippen LogP contribution is 2.04. The highest BCUT2D eigenvalue weighted by molar-refractivity contribution is 5.93. The molecule has 6 nitrogen and oxygen atoms in total. The number of nitrogens with two attached hydrogens (primary N) is 2. The van der Waals surface area contributed by atoms with Crippen molar-refractivity contribution in [3.8, 4) is 0 Å². The van der Waals surface area contributed by atoms with Gasteiger partial charge in [-0.05, 0) is 5.56 Å². The Morgan fingerprint density at radius 2 is 1.84 bits per heavy atom. The summed E-state index contributed by atoms with van der Waals surface area (Å²) in [4.78, 5) is 23.9. The Kier molecular flexibility index (Phi) is 6.56. The number of amides is 3. The molecular formula is C13H20N4O2. The lowest BCUT2D eigenvalue weighted by Crippen LogP contribution is -2.38. The summed E-state index contributed by atoms with van der Waals surface area (Å²) in [5.41, 5.74) is 11.6. The average molecular weight is 264 g/mol. The molecule has 0 saturated carbocycles. The molecule has 0 saturated heterocycles. The number of imide groups is 1. The van der Waals surface area contributed by atoms with Gasteiger partial charge in [-0.3, -0.25) is 15.0 Å². The van der Waals surface area contributed by atoms with E-state index in [0.717, 1.165) is 12.1 Å². The van der Waals surface area contributed by atoms with Crippen LogP contribution < -0.4 is 16.8 Å². The van der Waals surface area contributed by atoms with Crippen molar-refractivity contribution in [2.24, 2.45) is 11.5 Å². The molecule has 104 valence electrons. The van der Waals surface area contributed by atoms with Crippen LogP contribution >= 0.6 is 0 Å². The van der Waals surface area contributed by atoms with E-state index in [4.69, 9.17) is 11.5 Å². The Bertz CT molecular complexity index is 408. The smallest absolute Gasteiger partial charge is 0.318 e. The topological polar surface area (TPSA) is 101 Å². The molecule has 0 aliphatic heterocycles. The fourth-order valence-electron chi connectivity index (χ4n) is 1.75. The van der Waals surface area contributed by atoms with Crippen molar-refractivity contribution >= 4 is 11.9 Å². The van der Waals surface area contributed by atoms with E-state index in [0.29, 0.717) is 19.6 Å². The minimum absolute atomic E-state index is 0.218. The van der Waals surface area contributed by atoms with Gasteiger partial charge in [0.05, 0.1) is 0 Å². The van der Waals surface area contributed by atoms with Gasteiger partial charge < -0.3 is 11.5 Å². The normalized spacial score (nSPS) is 10.4. The summed E-state index contributed by atoms with van der Waals surface area (Å²) in [7, 11) is 0. The zero-order valence-electron chi connectivity index (χ0n) is 10.8. The Hall–Kier alpha value is -1.92. The van der Waals surface area contributed by atoms with Gasteiger partial charge in [-0.15, -0.1) is 0 Å². The predicted octanol–water partition coefficient (Wildman–Crippen LogP) is 0.0323. The van der Waals surface area contributed by atoms with E-state index in [9.17, 15) is 9.59 Å². The molecule has 1 rings (SSSR count). The Labute approximate surface area is 112 Å². The van der Waals surface area contributed by atoms with Gasteiger partial charge in [0.2, 0.25) is 5.91 Å². The van der Waals surface area contributed by atoms with Gasteiger partial charge >= 0.3 is 6.03 Å². The molecule has 19 heavy (non-hydrogen) atoms. The monoisotopic (exact) mass is 264 g/mol. The standard InChI is InChI=1S/C13H20N4O2/c14-7-9-17(8-6-12(18)16-13(15)19)10-11-4-2-1-3-5-11/h1-5H,6-10,14H2,(H3,15,16,18,19). The maximum Gasteiger partial charge on any atom is 0.318 e. The van der Waals surface area contributed by atoms with Crippen molar-refractivity contribution in [2.75, 3.05) is 19.6 Å². The minimum Gasteiger partial charge on any atom is -0.351 e. The first-order valence-corrected chi connectivity index (χ1v) is 6.17. The summed E-state index contributed by atoms with van der Waals surface area (Å²) in [6.07, 6.45) is 0.218. The number of nitrogens with one attached hydrogen (secondary N) is 1. The molecular weight excluding hydrogens is 244 g/mol. The first-order chi connectivity index (χ1) is 9.11. The van der Waals surface area contributed by atoms with Crippen molar-refractivity contribution in [3.05, 3.63) is 35.9 Å². The number of nitrogens with zero attached hydrogens (tertiary/aromatic N) is 1. The molecule has 0 radical (unpaired) electrons. The average Bonchev–Trinajstić information content (AvgIpc) is 2.37. The molecule has 0 atom stereocenters. The van der Waals surface area contributed by atoms with Crippen LogP contribution in [0, 0.1) is 0 Å². The van der Waals surface area contributed by atoms with E-state index < -0.39 is 6.03 Å². The summed E-state index contributed by atoms with van der Waals surface area (Å²) in [5, 5.41) is 2.05. The van der Waals surface area contributed by atoms with Gasteiger partial charge in [-0.25, -0.2) is 4.79 Å². The number of hydrogen-bond donors (Lipinski definition) is 3. The summed E-state index contributed by atoms with van der Waals surface area (Å²) in [6, 6.07) is 9.11. The molecule has 0 aliphatic carbocycles. The van der Waals surface area contributed by atoms with Gasteiger partial charge in [-0.1, -0.05) is 30.3 Å². The summed E-state index contributed by atoms with van der Waals surface area (Å²) >= 11 is 0. The van der Waals surface area contributed by atoms with Crippen LogP contribution in [0.4, 0.5) is 4.79 Å². The van der Waals surface area contributed by atoms with Gasteiger partial charge in [-0.2, -0.15) is 0 Å². The molecule has 1 aromatic rings. The van der Waals surface area contributed by atoms with Gasteiger partial charge in [0.15, 0.2) is 0 Å². The third-order valence-corrected chi connectivity index (χ3v) is 2.61. The molecule has 0 aliphatic rings. The molecule has 0 bridgehead atoms. The highest BCUT2D eigenvalue weighted by atomic mass is 16.2. The molecule has 6 heteroatoms. The van der Waals surface area contributed by atoms with Crippen molar-refractivity contribution < 1.29 is 9.59 Å². The van der Waals surface area contributed by atoms with Gasteiger partial charge in [0.1, 0.15) is 0 Å². The van der Waals surface area contributed by atoms with Crippen molar-refractivity contribution in [3.63, 3.8) is 0 Å². The minimum atomic E-state index is -0.821. The lowest BCUT2D eigenvalue weighted by atomic mass is 10.2. The van der Waals surface area contributed by atoms with E-state index in [-0.39, 0.29) is 12.3 Å². The van der Waals surface area contributed by atoms with Crippen LogP contribution in [0.15, 0.2) is 30.3 Å². The van der Waals surface area contributed by atoms with Crippen LogP contribution in [0.1, 0.15) is 12.0 Å². The molecule has 3 amide bonds. The van der Waals surface area contributed by atoms with Crippen molar-refractivity contribution in [1.29, 1.82) is 0 Å². The molecule has 5 N–H and O–H groups in total. The predicted molar refractivity (Wildman–Crippen MR) is 73.1 cm³/mol. The Balaban J connectivity index is 2.44. The third kappa shape index (κ3) is 6.54. The van der Waals surface area contributed by atoms with E-state index >= 15 is 0 Å². The van der Waals surface area contributed by atoms with Crippen LogP contribution in [0.2, 0.25) is 0 Å². The number of carbonyl (C=O) groups is 2. The van der Waals surface area contributed by atoms with Crippen LogP contribution in [-0.4, -0.2) is 36.5 Å². The fraction of sp³-hybridized carbons (Fsp3) is 0.385. The molecule has 0 heterocycles. The van der Waals surface area contributed by atoms with Crippen LogP contribution in [-0.2, 0) is 11.3 Å². The van der Waals surface area contributed by atoms with Crippen molar-refractivity contribution in [1.82, 2.24) is 10.2 Å². The molecule has 0 spiro atoms. The van der Waals surface area contributed by atoms with Crippen LogP contribution in [0.5, 0.6) is 0 Å². The third-order valence-electron chi connectivity index (χ3n) is 2.61. The van der Waals surface area contributed by atoms with Crippen molar-refractivity contribution in [2.45, 2.75) is 13.0 Å². The largest absolute Gasteiger partial charge is 0.351 e. The first kappa shape index (κ1) is 15.1. The Morgan fingerprint density at radius 1 is 1.16 bits per heavy atom. The maximum absolute atomic E-state index is 11.3. The highest BCUT2D eigenvalue weighted by Gasteiger charge is 2.09. The van der Waals surface area contributed by atoms with Crippen LogP contribution in [0.25, 0.3) is 0 Å². The van der Waals surface area contributed by atoms with E-state index in [1.54, 1.807) is 0 Å². The number of urea groups is 1. The summed E-state index contributed by atoms with van der Waals surface area (Å²) in [6.45, 7) is 2.47. The second kappa shape index (κ2) is 8.23. The van der Waals surface area contributed by atoms with E-state index in [1.165, 1.54) is 0 Å². The van der Waals surface area contributed by atoms with E-state index in [1.807, 2.05) is 35.6 Å². The summed E-state index contributed by atoms with van der Waals surface area (Å²) < 4.78 is 0. The first-order valence-electron chi connectivity index (χ1n) is 6.17. The van der Waals surface area contributed by atoms with Gasteiger partial charge in [0.25, 0.3) is 0 Å². The van der Waals surface area contributed by atoms with Gasteiger partial charge in [0, 0.05) is 32.6 Å². The zero-order chi connectivity index (χ0) is 14.1. The molecule has 0 unspecified atom stereocenters. The lowest BCUT2D eigenvalue weighted by Gasteiger charge is -2.21. The quantitative estimate of drug-likeness (QED) is 0.646. The number of benzene rings is 1. The van der Waals surface area contributed by atoms with Crippen LogP contribution in [0.3, 0.4) is 0 Å². The number of carbonyl (C=O) groups excluding carboxylic acids is 2. The molecule has 1 aromatic carbocycles. The lowest BCUT2D eigenvalue weighted by molar-refractivity contribution is -0.120. The zero-order valence-corrected chi connectivity index (χ0v) is 10.8.